The Balaban J connectivity index is 2.17. The standard InChI is InChI=1S/C8H12N4O/c9-7-6(10-5-11-7)8(13)12-3-1-2-4-12/h5H,1-4,9H2,(H,10,11). The number of hydrogen-bond donors (Lipinski definition) is 2. The van der Waals surface area contributed by atoms with Crippen molar-refractivity contribution in [1.82, 2.24) is 14.9 Å². The van der Waals surface area contributed by atoms with E-state index in [4.69, 9.17) is 5.73 Å². The van der Waals surface area contributed by atoms with Crippen molar-refractivity contribution < 1.29 is 4.79 Å². The fraction of sp³-hybridized carbons (Fsp3) is 0.500. The third kappa shape index (κ3) is 1.37. The summed E-state index contributed by atoms with van der Waals surface area (Å²) in [5, 5.41) is 0. The first kappa shape index (κ1) is 8.10. The van der Waals surface area contributed by atoms with Crippen molar-refractivity contribution in [2.24, 2.45) is 0 Å². The van der Waals surface area contributed by atoms with Gasteiger partial charge in [-0.3, -0.25) is 4.79 Å². The Morgan fingerprint density at radius 2 is 2.23 bits per heavy atom. The van der Waals surface area contributed by atoms with E-state index in [1.54, 1.807) is 4.90 Å². The van der Waals surface area contributed by atoms with Gasteiger partial charge in [0.1, 0.15) is 5.69 Å². The van der Waals surface area contributed by atoms with E-state index in [9.17, 15) is 4.79 Å². The summed E-state index contributed by atoms with van der Waals surface area (Å²) >= 11 is 0. The van der Waals surface area contributed by atoms with Gasteiger partial charge in [-0.1, -0.05) is 0 Å². The maximum Gasteiger partial charge on any atom is 0.274 e. The Kier molecular flexibility index (Phi) is 1.92. The molecule has 2 rings (SSSR count). The molecule has 1 aliphatic rings. The highest BCUT2D eigenvalue weighted by Gasteiger charge is 2.22. The molecule has 3 N–H and O–H groups in total. The van der Waals surface area contributed by atoms with E-state index in [0.717, 1.165) is 25.9 Å². The Morgan fingerprint density at radius 1 is 1.54 bits per heavy atom. The zero-order valence-electron chi connectivity index (χ0n) is 7.29. The van der Waals surface area contributed by atoms with Crippen LogP contribution in [-0.4, -0.2) is 33.9 Å². The van der Waals surface area contributed by atoms with Crippen molar-refractivity contribution in [2.45, 2.75) is 12.8 Å². The number of hydrogen-bond acceptors (Lipinski definition) is 3. The molecule has 1 saturated heterocycles. The van der Waals surface area contributed by atoms with Crippen LogP contribution in [0.4, 0.5) is 5.82 Å². The molecule has 1 aromatic rings. The molecular weight excluding hydrogens is 168 g/mol. The van der Waals surface area contributed by atoms with Gasteiger partial charge in [0.15, 0.2) is 5.82 Å². The first-order valence-electron chi connectivity index (χ1n) is 4.37. The summed E-state index contributed by atoms with van der Waals surface area (Å²) in [5.41, 5.74) is 5.94. The van der Waals surface area contributed by atoms with E-state index >= 15 is 0 Å². The van der Waals surface area contributed by atoms with E-state index in [1.165, 1.54) is 6.33 Å². The molecule has 5 nitrogen and oxygen atoms in total. The summed E-state index contributed by atoms with van der Waals surface area (Å²) in [6.07, 6.45) is 3.61. The molecule has 0 aliphatic carbocycles. The maximum atomic E-state index is 11.7. The average molecular weight is 180 g/mol. The first-order chi connectivity index (χ1) is 6.29. The number of likely N-dealkylation sites (tertiary alicyclic amines) is 1. The summed E-state index contributed by atoms with van der Waals surface area (Å²) in [4.78, 5) is 20.0. The van der Waals surface area contributed by atoms with E-state index < -0.39 is 0 Å². The van der Waals surface area contributed by atoms with Crippen LogP contribution in [0.25, 0.3) is 0 Å². The number of carbonyl (C=O) groups excluding carboxylic acids is 1. The normalized spacial score (nSPS) is 16.5. The molecule has 0 unspecified atom stereocenters. The Bertz CT molecular complexity index is 314. The van der Waals surface area contributed by atoms with Crippen LogP contribution in [0.5, 0.6) is 0 Å². The van der Waals surface area contributed by atoms with Crippen molar-refractivity contribution >= 4 is 11.7 Å². The highest BCUT2D eigenvalue weighted by Crippen LogP contribution is 2.14. The topological polar surface area (TPSA) is 75.0 Å². The molecule has 5 heteroatoms. The molecular formula is C8H12N4O. The lowest BCUT2D eigenvalue weighted by Gasteiger charge is -2.13. The van der Waals surface area contributed by atoms with Crippen LogP contribution in [0.3, 0.4) is 0 Å². The van der Waals surface area contributed by atoms with Crippen LogP contribution < -0.4 is 5.73 Å². The number of anilines is 1. The minimum atomic E-state index is -0.0347. The second-order valence-electron chi connectivity index (χ2n) is 3.16. The molecule has 0 bridgehead atoms. The van der Waals surface area contributed by atoms with E-state index in [-0.39, 0.29) is 11.7 Å². The number of aromatic amines is 1. The number of nitrogens with zero attached hydrogens (tertiary/aromatic N) is 2. The summed E-state index contributed by atoms with van der Waals surface area (Å²) in [7, 11) is 0. The molecule has 1 aromatic heterocycles. The molecule has 0 atom stereocenters. The lowest BCUT2D eigenvalue weighted by atomic mass is 10.4. The number of nitrogens with one attached hydrogen (secondary N) is 1. The summed E-state index contributed by atoms with van der Waals surface area (Å²) < 4.78 is 0. The largest absolute Gasteiger partial charge is 0.382 e. The zero-order valence-corrected chi connectivity index (χ0v) is 7.29. The maximum absolute atomic E-state index is 11.7. The minimum Gasteiger partial charge on any atom is -0.382 e. The molecule has 1 fully saturated rings. The SMILES string of the molecule is Nc1nc[nH]c1C(=O)N1CCCC1. The Morgan fingerprint density at radius 3 is 2.77 bits per heavy atom. The predicted molar refractivity (Wildman–Crippen MR) is 48.1 cm³/mol. The molecule has 0 radical (unpaired) electrons. The predicted octanol–water partition coefficient (Wildman–Crippen LogP) is 0.228. The van der Waals surface area contributed by atoms with Gasteiger partial charge in [0.25, 0.3) is 5.91 Å². The van der Waals surface area contributed by atoms with Crippen LogP contribution in [0.2, 0.25) is 0 Å². The minimum absolute atomic E-state index is 0.0347. The number of H-pyrrole nitrogens is 1. The molecule has 0 saturated carbocycles. The van der Waals surface area contributed by atoms with Gasteiger partial charge in [0.2, 0.25) is 0 Å². The molecule has 1 aliphatic heterocycles. The second kappa shape index (κ2) is 3.08. The van der Waals surface area contributed by atoms with Gasteiger partial charge in [-0.25, -0.2) is 4.98 Å². The molecule has 13 heavy (non-hydrogen) atoms. The summed E-state index contributed by atoms with van der Waals surface area (Å²) in [5.74, 6) is 0.254. The number of carbonyl (C=O) groups is 1. The van der Waals surface area contributed by atoms with Crippen LogP contribution in [-0.2, 0) is 0 Å². The van der Waals surface area contributed by atoms with Crippen molar-refractivity contribution in [3.63, 3.8) is 0 Å². The fourth-order valence-corrected chi connectivity index (χ4v) is 1.55. The third-order valence-corrected chi connectivity index (χ3v) is 2.28. The highest BCUT2D eigenvalue weighted by molar-refractivity contribution is 5.96. The number of nitrogens with two attached hydrogens (primary N) is 1. The number of imidazole rings is 1. The number of aromatic nitrogens is 2. The second-order valence-corrected chi connectivity index (χ2v) is 3.16. The summed E-state index contributed by atoms with van der Waals surface area (Å²) in [6.45, 7) is 1.66. The van der Waals surface area contributed by atoms with E-state index in [1.807, 2.05) is 0 Å². The van der Waals surface area contributed by atoms with Crippen LogP contribution in [0.15, 0.2) is 6.33 Å². The van der Waals surface area contributed by atoms with Crippen LogP contribution >= 0.6 is 0 Å². The molecule has 0 spiro atoms. The molecule has 2 heterocycles. The summed E-state index contributed by atoms with van der Waals surface area (Å²) in [6, 6.07) is 0. The fourth-order valence-electron chi connectivity index (χ4n) is 1.55. The van der Waals surface area contributed by atoms with Crippen molar-refractivity contribution in [2.75, 3.05) is 18.8 Å². The van der Waals surface area contributed by atoms with E-state index in [2.05, 4.69) is 9.97 Å². The highest BCUT2D eigenvalue weighted by atomic mass is 16.2. The van der Waals surface area contributed by atoms with Gasteiger partial charge in [0, 0.05) is 13.1 Å². The van der Waals surface area contributed by atoms with Gasteiger partial charge in [-0.15, -0.1) is 0 Å². The zero-order chi connectivity index (χ0) is 9.26. The number of rotatable bonds is 1. The van der Waals surface area contributed by atoms with E-state index in [0.29, 0.717) is 5.69 Å². The monoisotopic (exact) mass is 180 g/mol. The quantitative estimate of drug-likeness (QED) is 0.649. The lowest BCUT2D eigenvalue weighted by molar-refractivity contribution is 0.0789. The Hall–Kier alpha value is -1.52. The molecule has 70 valence electrons. The Labute approximate surface area is 75.9 Å². The first-order valence-corrected chi connectivity index (χ1v) is 4.37. The van der Waals surface area contributed by atoms with Crippen molar-refractivity contribution in [3.05, 3.63) is 12.0 Å². The van der Waals surface area contributed by atoms with Crippen LogP contribution in [0, 0.1) is 0 Å². The smallest absolute Gasteiger partial charge is 0.274 e. The van der Waals surface area contributed by atoms with Gasteiger partial charge >= 0.3 is 0 Å². The van der Waals surface area contributed by atoms with Gasteiger partial charge in [-0.05, 0) is 12.8 Å². The lowest BCUT2D eigenvalue weighted by Crippen LogP contribution is -2.28. The van der Waals surface area contributed by atoms with Crippen molar-refractivity contribution in [1.29, 1.82) is 0 Å². The van der Waals surface area contributed by atoms with Crippen LogP contribution in [0.1, 0.15) is 23.3 Å². The molecule has 1 amide bonds. The number of nitrogen functional groups attached to an aromatic ring is 1. The van der Waals surface area contributed by atoms with Gasteiger partial charge in [-0.2, -0.15) is 0 Å². The van der Waals surface area contributed by atoms with Gasteiger partial charge in [0.05, 0.1) is 6.33 Å². The van der Waals surface area contributed by atoms with Gasteiger partial charge < -0.3 is 15.6 Å². The van der Waals surface area contributed by atoms with Crippen molar-refractivity contribution in [3.8, 4) is 0 Å². The third-order valence-electron chi connectivity index (χ3n) is 2.28. The number of amides is 1. The average Bonchev–Trinajstić information content (AvgIpc) is 2.72. The molecule has 0 aromatic carbocycles.